The number of fused-ring (bicyclic) bond motifs is 1. The summed E-state index contributed by atoms with van der Waals surface area (Å²) in [7, 11) is 0. The third kappa shape index (κ3) is 5.07. The van der Waals surface area contributed by atoms with Crippen LogP contribution in [0.15, 0.2) is 71.1 Å². The van der Waals surface area contributed by atoms with Gasteiger partial charge in [-0.1, -0.05) is 42.5 Å². The zero-order chi connectivity index (χ0) is 23.3. The first-order chi connectivity index (χ1) is 16.7. The van der Waals surface area contributed by atoms with E-state index in [2.05, 4.69) is 51.9 Å². The molecule has 6 nitrogen and oxygen atoms in total. The molecule has 3 heterocycles. The number of hydrogen-bond acceptors (Lipinski definition) is 5. The Morgan fingerprint density at radius 3 is 2.56 bits per heavy atom. The molecule has 1 aliphatic rings. The van der Waals surface area contributed by atoms with Crippen LogP contribution in [0, 0.1) is 5.92 Å². The van der Waals surface area contributed by atoms with E-state index in [4.69, 9.17) is 14.1 Å². The summed E-state index contributed by atoms with van der Waals surface area (Å²) < 4.78 is 13.1. The van der Waals surface area contributed by atoms with Gasteiger partial charge in [0, 0.05) is 13.0 Å². The largest absolute Gasteiger partial charge is 0.460 e. The predicted molar refractivity (Wildman–Crippen MR) is 132 cm³/mol. The summed E-state index contributed by atoms with van der Waals surface area (Å²) in [5.41, 5.74) is 3.47. The zero-order valence-corrected chi connectivity index (χ0v) is 19.7. The number of hydrogen-bond donors (Lipinski definition) is 0. The molecular formula is C28H31N3O3. The van der Waals surface area contributed by atoms with Gasteiger partial charge in [0.25, 0.3) is 0 Å². The molecule has 5 rings (SSSR count). The standard InChI is InChI=1S/C28H31N3O3/c1-2-33-28(32)26-13-12-23(34-26)20-31-25-11-7-6-10-24(25)29-27(31)18-21-14-16-30(17-15-21)19-22-8-4-3-5-9-22/h3-13,21H,2,14-20H2,1H3. The van der Waals surface area contributed by atoms with Crippen LogP contribution < -0.4 is 0 Å². The lowest BCUT2D eigenvalue weighted by Gasteiger charge is -2.32. The van der Waals surface area contributed by atoms with E-state index in [1.807, 2.05) is 18.2 Å². The summed E-state index contributed by atoms with van der Waals surface area (Å²) in [5.74, 6) is 2.23. The number of ether oxygens (including phenoxy) is 1. The van der Waals surface area contributed by atoms with Crippen molar-refractivity contribution in [2.45, 2.75) is 39.3 Å². The molecule has 2 aromatic heterocycles. The molecule has 2 aromatic carbocycles. The van der Waals surface area contributed by atoms with Crippen molar-refractivity contribution >= 4 is 17.0 Å². The summed E-state index contributed by atoms with van der Waals surface area (Å²) in [5, 5.41) is 0. The van der Waals surface area contributed by atoms with Gasteiger partial charge in [-0.25, -0.2) is 9.78 Å². The third-order valence-corrected chi connectivity index (χ3v) is 6.61. The highest BCUT2D eigenvalue weighted by Crippen LogP contribution is 2.26. The van der Waals surface area contributed by atoms with Gasteiger partial charge in [-0.3, -0.25) is 4.90 Å². The maximum atomic E-state index is 12.0. The van der Waals surface area contributed by atoms with Crippen LogP contribution in [0.2, 0.25) is 0 Å². The van der Waals surface area contributed by atoms with E-state index in [1.54, 1.807) is 13.0 Å². The average Bonchev–Trinajstić information content (AvgIpc) is 3.47. The Kier molecular flexibility index (Phi) is 6.77. The van der Waals surface area contributed by atoms with Crippen LogP contribution in [-0.2, 0) is 24.2 Å². The maximum Gasteiger partial charge on any atom is 0.374 e. The molecular weight excluding hydrogens is 426 g/mol. The molecule has 6 heteroatoms. The molecule has 0 aliphatic carbocycles. The first-order valence-electron chi connectivity index (χ1n) is 12.2. The van der Waals surface area contributed by atoms with Crippen molar-refractivity contribution in [2.75, 3.05) is 19.7 Å². The highest BCUT2D eigenvalue weighted by Gasteiger charge is 2.23. The Morgan fingerprint density at radius 2 is 1.76 bits per heavy atom. The van der Waals surface area contributed by atoms with E-state index >= 15 is 0 Å². The maximum absolute atomic E-state index is 12.0. The van der Waals surface area contributed by atoms with E-state index in [9.17, 15) is 4.79 Å². The molecule has 0 saturated carbocycles. The van der Waals surface area contributed by atoms with Crippen molar-refractivity contribution in [3.63, 3.8) is 0 Å². The van der Waals surface area contributed by atoms with Crippen molar-refractivity contribution in [1.82, 2.24) is 14.5 Å². The summed E-state index contributed by atoms with van der Waals surface area (Å²) >= 11 is 0. The van der Waals surface area contributed by atoms with Gasteiger partial charge in [-0.05, 0) is 68.6 Å². The fourth-order valence-corrected chi connectivity index (χ4v) is 4.84. The van der Waals surface area contributed by atoms with Crippen molar-refractivity contribution in [3.05, 3.63) is 89.6 Å². The predicted octanol–water partition coefficient (Wildman–Crippen LogP) is 5.31. The minimum absolute atomic E-state index is 0.244. The van der Waals surface area contributed by atoms with Crippen molar-refractivity contribution in [2.24, 2.45) is 5.92 Å². The smallest absolute Gasteiger partial charge is 0.374 e. The number of rotatable bonds is 8. The number of nitrogens with zero attached hydrogens (tertiary/aromatic N) is 3. The number of furan rings is 1. The highest BCUT2D eigenvalue weighted by molar-refractivity contribution is 5.86. The number of benzene rings is 2. The number of aromatic nitrogens is 2. The highest BCUT2D eigenvalue weighted by atomic mass is 16.5. The van der Waals surface area contributed by atoms with Gasteiger partial charge in [0.2, 0.25) is 5.76 Å². The molecule has 0 radical (unpaired) electrons. The van der Waals surface area contributed by atoms with E-state index < -0.39 is 5.97 Å². The molecule has 34 heavy (non-hydrogen) atoms. The molecule has 0 spiro atoms. The minimum Gasteiger partial charge on any atom is -0.460 e. The lowest BCUT2D eigenvalue weighted by molar-refractivity contribution is 0.0488. The molecule has 1 aliphatic heterocycles. The molecule has 4 aromatic rings. The van der Waals surface area contributed by atoms with Crippen LogP contribution in [0.1, 0.15) is 47.5 Å². The van der Waals surface area contributed by atoms with E-state index in [0.717, 1.165) is 48.7 Å². The Bertz CT molecular complexity index is 1240. The molecule has 1 fully saturated rings. The SMILES string of the molecule is CCOC(=O)c1ccc(Cn2c(CC3CCN(Cc4ccccc4)CC3)nc3ccccc32)o1. The second kappa shape index (κ2) is 10.3. The topological polar surface area (TPSA) is 60.5 Å². The summed E-state index contributed by atoms with van der Waals surface area (Å²) in [6, 6.07) is 22.5. The number of carbonyl (C=O) groups excluding carboxylic acids is 1. The number of carbonyl (C=O) groups is 1. The van der Waals surface area contributed by atoms with Crippen molar-refractivity contribution in [1.29, 1.82) is 0 Å². The molecule has 0 bridgehead atoms. The van der Waals surface area contributed by atoms with Gasteiger partial charge < -0.3 is 13.7 Å². The Labute approximate surface area is 200 Å². The van der Waals surface area contributed by atoms with E-state index in [1.165, 1.54) is 18.4 Å². The second-order valence-corrected chi connectivity index (χ2v) is 9.00. The molecule has 0 N–H and O–H groups in total. The fourth-order valence-electron chi connectivity index (χ4n) is 4.84. The van der Waals surface area contributed by atoms with Crippen LogP contribution in [0.3, 0.4) is 0 Å². The van der Waals surface area contributed by atoms with Gasteiger partial charge in [-0.2, -0.15) is 0 Å². The Balaban J connectivity index is 1.28. The number of likely N-dealkylation sites (tertiary alicyclic amines) is 1. The molecule has 1 saturated heterocycles. The van der Waals surface area contributed by atoms with Crippen LogP contribution in [0.25, 0.3) is 11.0 Å². The molecule has 0 unspecified atom stereocenters. The Morgan fingerprint density at radius 1 is 1.00 bits per heavy atom. The number of para-hydroxylation sites is 2. The first-order valence-corrected chi connectivity index (χ1v) is 12.2. The van der Waals surface area contributed by atoms with Crippen molar-refractivity contribution in [3.8, 4) is 0 Å². The summed E-state index contributed by atoms with van der Waals surface area (Å²) in [4.78, 5) is 19.5. The molecule has 0 amide bonds. The number of imidazole rings is 1. The van der Waals surface area contributed by atoms with Crippen LogP contribution >= 0.6 is 0 Å². The van der Waals surface area contributed by atoms with E-state index in [-0.39, 0.29) is 5.76 Å². The first kappa shape index (κ1) is 22.4. The fraction of sp³-hybridized carbons (Fsp3) is 0.357. The number of piperidine rings is 1. The molecule has 0 atom stereocenters. The monoisotopic (exact) mass is 457 g/mol. The van der Waals surface area contributed by atoms with Crippen molar-refractivity contribution < 1.29 is 13.9 Å². The summed E-state index contributed by atoms with van der Waals surface area (Å²) in [6.45, 7) is 5.91. The third-order valence-electron chi connectivity index (χ3n) is 6.61. The normalized spacial score (nSPS) is 15.1. The molecule has 176 valence electrons. The van der Waals surface area contributed by atoms with Gasteiger partial charge >= 0.3 is 5.97 Å². The van der Waals surface area contributed by atoms with Gasteiger partial charge in [-0.15, -0.1) is 0 Å². The number of esters is 1. The van der Waals surface area contributed by atoms with Gasteiger partial charge in [0.05, 0.1) is 24.2 Å². The zero-order valence-electron chi connectivity index (χ0n) is 19.7. The average molecular weight is 458 g/mol. The van der Waals surface area contributed by atoms with Gasteiger partial charge in [0.1, 0.15) is 11.6 Å². The lowest BCUT2D eigenvalue weighted by Crippen LogP contribution is -2.34. The van der Waals surface area contributed by atoms with Gasteiger partial charge in [0.15, 0.2) is 0 Å². The van der Waals surface area contributed by atoms with Crippen LogP contribution in [-0.4, -0.2) is 40.1 Å². The van der Waals surface area contributed by atoms with Crippen LogP contribution in [0.5, 0.6) is 0 Å². The second-order valence-electron chi connectivity index (χ2n) is 9.00. The lowest BCUT2D eigenvalue weighted by atomic mass is 9.93. The van der Waals surface area contributed by atoms with Crippen LogP contribution in [0.4, 0.5) is 0 Å². The van der Waals surface area contributed by atoms with E-state index in [0.29, 0.717) is 19.1 Å². The quantitative estimate of drug-likeness (QED) is 0.336. The minimum atomic E-state index is -0.424. The Hall–Kier alpha value is -3.38. The summed E-state index contributed by atoms with van der Waals surface area (Å²) in [6.07, 6.45) is 3.28.